The third-order valence-electron chi connectivity index (χ3n) is 4.56. The molecule has 116 valence electrons. The van der Waals surface area contributed by atoms with Crippen LogP contribution in [-0.2, 0) is 6.54 Å². The van der Waals surface area contributed by atoms with E-state index in [1.165, 1.54) is 38.2 Å². The lowest BCUT2D eigenvalue weighted by Gasteiger charge is -2.32. The Balaban J connectivity index is 1.61. The van der Waals surface area contributed by atoms with Crippen molar-refractivity contribution >= 4 is 15.9 Å². The van der Waals surface area contributed by atoms with E-state index in [2.05, 4.69) is 43.2 Å². The van der Waals surface area contributed by atoms with Crippen LogP contribution in [0.25, 0.3) is 0 Å². The SMILES string of the molecule is COc1c(Br)cccc1CN1CCC(N2CCNCC2)C1. The van der Waals surface area contributed by atoms with Gasteiger partial charge in [0.25, 0.3) is 0 Å². The number of hydrogen-bond acceptors (Lipinski definition) is 4. The lowest BCUT2D eigenvalue weighted by atomic mass is 10.2. The number of nitrogens with zero attached hydrogens (tertiary/aromatic N) is 2. The summed E-state index contributed by atoms with van der Waals surface area (Å²) < 4.78 is 6.58. The predicted molar refractivity (Wildman–Crippen MR) is 88.8 cm³/mol. The number of para-hydroxylation sites is 1. The summed E-state index contributed by atoms with van der Waals surface area (Å²) >= 11 is 3.57. The molecular weight excluding hydrogens is 330 g/mol. The zero-order valence-electron chi connectivity index (χ0n) is 12.6. The van der Waals surface area contributed by atoms with Crippen molar-refractivity contribution in [2.24, 2.45) is 0 Å². The van der Waals surface area contributed by atoms with Crippen LogP contribution in [0.15, 0.2) is 22.7 Å². The molecule has 2 fully saturated rings. The summed E-state index contributed by atoms with van der Waals surface area (Å²) in [4.78, 5) is 5.20. The van der Waals surface area contributed by atoms with Crippen LogP contribution in [0.3, 0.4) is 0 Å². The van der Waals surface area contributed by atoms with Gasteiger partial charge in [-0.2, -0.15) is 0 Å². The zero-order valence-corrected chi connectivity index (χ0v) is 14.2. The second kappa shape index (κ2) is 7.09. The molecule has 21 heavy (non-hydrogen) atoms. The third kappa shape index (κ3) is 3.59. The van der Waals surface area contributed by atoms with E-state index in [4.69, 9.17) is 4.74 Å². The number of likely N-dealkylation sites (tertiary alicyclic amines) is 1. The maximum atomic E-state index is 5.54. The van der Waals surface area contributed by atoms with Gasteiger partial charge < -0.3 is 10.1 Å². The number of halogens is 1. The van der Waals surface area contributed by atoms with Crippen LogP contribution in [0.1, 0.15) is 12.0 Å². The summed E-state index contributed by atoms with van der Waals surface area (Å²) in [6, 6.07) is 7.02. The minimum Gasteiger partial charge on any atom is -0.495 e. The van der Waals surface area contributed by atoms with Gasteiger partial charge in [-0.3, -0.25) is 9.80 Å². The Morgan fingerprint density at radius 2 is 2.10 bits per heavy atom. The molecule has 3 rings (SSSR count). The molecule has 0 aliphatic carbocycles. The van der Waals surface area contributed by atoms with Gasteiger partial charge in [-0.15, -0.1) is 0 Å². The maximum absolute atomic E-state index is 5.54. The van der Waals surface area contributed by atoms with Gasteiger partial charge in [-0.1, -0.05) is 12.1 Å². The number of ether oxygens (including phenoxy) is 1. The summed E-state index contributed by atoms with van der Waals surface area (Å²) in [5.74, 6) is 0.975. The van der Waals surface area contributed by atoms with Crippen molar-refractivity contribution in [2.45, 2.75) is 19.0 Å². The van der Waals surface area contributed by atoms with Crippen molar-refractivity contribution in [1.29, 1.82) is 0 Å². The molecule has 4 nitrogen and oxygen atoms in total. The molecule has 1 aromatic carbocycles. The standard InChI is InChI=1S/C16H24BrN3O/c1-21-16-13(3-2-4-15(16)17)11-19-8-5-14(12-19)20-9-6-18-7-10-20/h2-4,14,18H,5-12H2,1H3. The molecule has 1 atom stereocenters. The number of piperazine rings is 1. The summed E-state index contributed by atoms with van der Waals surface area (Å²) in [7, 11) is 1.75. The first kappa shape index (κ1) is 15.3. The van der Waals surface area contributed by atoms with Gasteiger partial charge in [0.2, 0.25) is 0 Å². The Bertz CT molecular complexity index is 477. The van der Waals surface area contributed by atoms with Crippen molar-refractivity contribution in [2.75, 3.05) is 46.4 Å². The van der Waals surface area contributed by atoms with Crippen molar-refractivity contribution in [3.63, 3.8) is 0 Å². The molecular formula is C16H24BrN3O. The fourth-order valence-electron chi connectivity index (χ4n) is 3.45. The number of hydrogen-bond donors (Lipinski definition) is 1. The molecule has 2 aliphatic heterocycles. The average molecular weight is 354 g/mol. The molecule has 2 saturated heterocycles. The fraction of sp³-hybridized carbons (Fsp3) is 0.625. The first-order chi connectivity index (χ1) is 10.3. The average Bonchev–Trinajstić information content (AvgIpc) is 2.97. The minimum atomic E-state index is 0.727. The summed E-state index contributed by atoms with van der Waals surface area (Å²) in [5.41, 5.74) is 1.27. The monoisotopic (exact) mass is 353 g/mol. The van der Waals surface area contributed by atoms with Crippen LogP contribution < -0.4 is 10.1 Å². The number of methoxy groups -OCH3 is 1. The van der Waals surface area contributed by atoms with Crippen molar-refractivity contribution in [3.8, 4) is 5.75 Å². The molecule has 1 aromatic rings. The van der Waals surface area contributed by atoms with Gasteiger partial charge in [-0.05, 0) is 28.4 Å². The van der Waals surface area contributed by atoms with Crippen LogP contribution >= 0.6 is 15.9 Å². The predicted octanol–water partition coefficient (Wildman–Crippen LogP) is 1.94. The van der Waals surface area contributed by atoms with E-state index in [9.17, 15) is 0 Å². The molecule has 1 unspecified atom stereocenters. The van der Waals surface area contributed by atoms with Crippen LogP contribution in [0.5, 0.6) is 5.75 Å². The minimum absolute atomic E-state index is 0.727. The van der Waals surface area contributed by atoms with E-state index in [1.807, 2.05) is 6.07 Å². The van der Waals surface area contributed by atoms with E-state index in [0.29, 0.717) is 0 Å². The summed E-state index contributed by atoms with van der Waals surface area (Å²) in [6.45, 7) is 7.99. The van der Waals surface area contributed by atoms with Gasteiger partial charge in [-0.25, -0.2) is 0 Å². The van der Waals surface area contributed by atoms with E-state index in [0.717, 1.165) is 35.9 Å². The van der Waals surface area contributed by atoms with E-state index in [-0.39, 0.29) is 0 Å². The quantitative estimate of drug-likeness (QED) is 0.895. The first-order valence-electron chi connectivity index (χ1n) is 7.76. The molecule has 0 saturated carbocycles. The lowest BCUT2D eigenvalue weighted by Crippen LogP contribution is -2.49. The van der Waals surface area contributed by atoms with Gasteiger partial charge in [0.05, 0.1) is 11.6 Å². The molecule has 5 heteroatoms. The Morgan fingerprint density at radius 1 is 1.29 bits per heavy atom. The van der Waals surface area contributed by atoms with Gasteiger partial charge in [0.1, 0.15) is 5.75 Å². The van der Waals surface area contributed by atoms with Crippen molar-refractivity contribution in [3.05, 3.63) is 28.2 Å². The highest BCUT2D eigenvalue weighted by atomic mass is 79.9. The van der Waals surface area contributed by atoms with Crippen molar-refractivity contribution < 1.29 is 4.74 Å². The second-order valence-corrected chi connectivity index (χ2v) is 6.75. The largest absolute Gasteiger partial charge is 0.495 e. The fourth-order valence-corrected chi connectivity index (χ4v) is 4.02. The molecule has 2 aliphatic rings. The molecule has 0 bridgehead atoms. The Kier molecular flexibility index (Phi) is 5.16. The molecule has 1 N–H and O–H groups in total. The van der Waals surface area contributed by atoms with Crippen LogP contribution in [0.4, 0.5) is 0 Å². The molecule has 0 amide bonds. The van der Waals surface area contributed by atoms with Crippen molar-refractivity contribution in [1.82, 2.24) is 15.1 Å². The Hall–Kier alpha value is -0.620. The number of rotatable bonds is 4. The Labute approximate surface area is 135 Å². The smallest absolute Gasteiger partial charge is 0.137 e. The van der Waals surface area contributed by atoms with Gasteiger partial charge in [0, 0.05) is 57.4 Å². The van der Waals surface area contributed by atoms with Gasteiger partial charge in [0.15, 0.2) is 0 Å². The highest BCUT2D eigenvalue weighted by Crippen LogP contribution is 2.30. The van der Waals surface area contributed by atoms with E-state index >= 15 is 0 Å². The zero-order chi connectivity index (χ0) is 14.7. The topological polar surface area (TPSA) is 27.7 Å². The van der Waals surface area contributed by atoms with E-state index < -0.39 is 0 Å². The Morgan fingerprint density at radius 3 is 2.86 bits per heavy atom. The third-order valence-corrected chi connectivity index (χ3v) is 5.19. The van der Waals surface area contributed by atoms with Crippen LogP contribution in [0, 0.1) is 0 Å². The summed E-state index contributed by atoms with van der Waals surface area (Å²) in [6.07, 6.45) is 1.29. The molecule has 0 spiro atoms. The van der Waals surface area contributed by atoms with Crippen LogP contribution in [-0.4, -0.2) is 62.2 Å². The molecule has 0 aromatic heterocycles. The van der Waals surface area contributed by atoms with Crippen LogP contribution in [0.2, 0.25) is 0 Å². The molecule has 0 radical (unpaired) electrons. The second-order valence-electron chi connectivity index (χ2n) is 5.90. The lowest BCUT2D eigenvalue weighted by molar-refractivity contribution is 0.170. The highest BCUT2D eigenvalue weighted by Gasteiger charge is 2.28. The molecule has 2 heterocycles. The number of benzene rings is 1. The van der Waals surface area contributed by atoms with Gasteiger partial charge >= 0.3 is 0 Å². The number of nitrogens with one attached hydrogen (secondary N) is 1. The highest BCUT2D eigenvalue weighted by molar-refractivity contribution is 9.10. The first-order valence-corrected chi connectivity index (χ1v) is 8.55. The van der Waals surface area contributed by atoms with E-state index in [1.54, 1.807) is 7.11 Å². The maximum Gasteiger partial charge on any atom is 0.137 e. The summed E-state index contributed by atoms with van der Waals surface area (Å²) in [5, 5.41) is 3.43. The normalized spacial score (nSPS) is 24.4.